The normalized spacial score (nSPS) is 14.5. The number of hydrogen-bond donors (Lipinski definition) is 1. The number of halogens is 1. The molecule has 8 heteroatoms. The monoisotopic (exact) mass is 513 g/mol. The molecule has 7 nitrogen and oxygen atoms in total. The van der Waals surface area contributed by atoms with E-state index in [1.54, 1.807) is 13.3 Å². The number of rotatable bonds is 6. The minimum Gasteiger partial charge on any atom is -0.497 e. The molecule has 0 unspecified atom stereocenters. The summed E-state index contributed by atoms with van der Waals surface area (Å²) in [5.74, 6) is 0.910. The molecule has 0 aliphatic carbocycles. The van der Waals surface area contributed by atoms with E-state index in [1.807, 2.05) is 51.9 Å². The Hall–Kier alpha value is -3.81. The molecule has 3 aromatic heterocycles. The van der Waals surface area contributed by atoms with Crippen LogP contribution in [0.1, 0.15) is 5.56 Å². The van der Waals surface area contributed by atoms with E-state index >= 15 is 0 Å². The molecule has 6 rings (SSSR count). The minimum absolute atomic E-state index is 0.128. The van der Waals surface area contributed by atoms with Gasteiger partial charge in [0.2, 0.25) is 5.91 Å². The number of piperazine rings is 1. The molecule has 1 saturated heterocycles. The van der Waals surface area contributed by atoms with Gasteiger partial charge in [0, 0.05) is 77.7 Å². The molecule has 0 spiro atoms. The van der Waals surface area contributed by atoms with Crippen molar-refractivity contribution in [3.63, 3.8) is 0 Å². The molecule has 1 amide bonds. The third kappa shape index (κ3) is 4.80. The molecule has 0 radical (unpaired) electrons. The average Bonchev–Trinajstić information content (AvgIpc) is 3.51. The van der Waals surface area contributed by atoms with Crippen LogP contribution in [0.25, 0.3) is 33.2 Å². The molecule has 4 heterocycles. The fraction of sp³-hybridized carbons (Fsp3) is 0.241. The van der Waals surface area contributed by atoms with Crippen LogP contribution < -0.4 is 4.74 Å². The first-order chi connectivity index (χ1) is 18.1. The first-order valence-electron chi connectivity index (χ1n) is 12.4. The third-order valence-electron chi connectivity index (χ3n) is 7.12. The quantitative estimate of drug-likeness (QED) is 0.339. The van der Waals surface area contributed by atoms with Crippen molar-refractivity contribution in [1.29, 1.82) is 0 Å². The molecular formula is C29H28ClN5O2. The van der Waals surface area contributed by atoms with Crippen LogP contribution in [0.3, 0.4) is 0 Å². The van der Waals surface area contributed by atoms with Crippen LogP contribution >= 0.6 is 11.6 Å². The number of nitrogens with one attached hydrogen (secondary N) is 1. The molecule has 1 fully saturated rings. The highest BCUT2D eigenvalue weighted by Crippen LogP contribution is 2.34. The Bertz CT molecular complexity index is 1530. The maximum Gasteiger partial charge on any atom is 0.242 e. The zero-order chi connectivity index (χ0) is 25.4. The number of amides is 1. The highest BCUT2D eigenvalue weighted by Gasteiger charge is 2.23. The number of nitrogens with zero attached hydrogens (tertiary/aromatic N) is 4. The van der Waals surface area contributed by atoms with E-state index in [0.29, 0.717) is 6.54 Å². The lowest BCUT2D eigenvalue weighted by Gasteiger charge is -2.35. The number of methoxy groups -OCH3 is 1. The van der Waals surface area contributed by atoms with Gasteiger partial charge in [-0.1, -0.05) is 23.7 Å². The smallest absolute Gasteiger partial charge is 0.242 e. The van der Waals surface area contributed by atoms with Gasteiger partial charge in [-0.15, -0.1) is 0 Å². The molecule has 37 heavy (non-hydrogen) atoms. The summed E-state index contributed by atoms with van der Waals surface area (Å²) in [4.78, 5) is 25.6. The summed E-state index contributed by atoms with van der Waals surface area (Å²) in [7, 11) is 1.67. The van der Waals surface area contributed by atoms with E-state index in [4.69, 9.17) is 16.3 Å². The summed E-state index contributed by atoms with van der Waals surface area (Å²) in [6.45, 7) is 4.31. The molecule has 0 atom stereocenters. The van der Waals surface area contributed by atoms with Crippen LogP contribution in [-0.2, 0) is 17.9 Å². The van der Waals surface area contributed by atoms with E-state index in [2.05, 4.69) is 39.3 Å². The van der Waals surface area contributed by atoms with Crippen LogP contribution in [0.5, 0.6) is 5.75 Å². The van der Waals surface area contributed by atoms with Crippen molar-refractivity contribution in [1.82, 2.24) is 24.3 Å². The number of carbonyl (C=O) groups excluding carboxylic acids is 1. The van der Waals surface area contributed by atoms with Crippen LogP contribution in [0.2, 0.25) is 5.02 Å². The molecule has 2 aromatic carbocycles. The van der Waals surface area contributed by atoms with Crippen molar-refractivity contribution in [3.8, 4) is 17.0 Å². The number of fused-ring (bicyclic) bond motifs is 2. The maximum atomic E-state index is 13.4. The summed E-state index contributed by atoms with van der Waals surface area (Å²) in [6.07, 6.45) is 3.84. The van der Waals surface area contributed by atoms with Crippen molar-refractivity contribution in [2.75, 3.05) is 33.3 Å². The van der Waals surface area contributed by atoms with Crippen molar-refractivity contribution >= 4 is 39.4 Å². The number of benzene rings is 2. The molecule has 5 aromatic rings. The van der Waals surface area contributed by atoms with Gasteiger partial charge >= 0.3 is 0 Å². The summed E-state index contributed by atoms with van der Waals surface area (Å²) in [5, 5.41) is 2.83. The van der Waals surface area contributed by atoms with Crippen molar-refractivity contribution in [2.24, 2.45) is 0 Å². The molecular weight excluding hydrogens is 486 g/mol. The lowest BCUT2D eigenvalue weighted by atomic mass is 10.1. The van der Waals surface area contributed by atoms with Crippen molar-refractivity contribution < 1.29 is 9.53 Å². The first-order valence-corrected chi connectivity index (χ1v) is 12.8. The second kappa shape index (κ2) is 9.92. The zero-order valence-corrected chi connectivity index (χ0v) is 21.4. The topological polar surface area (TPSA) is 66.4 Å². The fourth-order valence-electron chi connectivity index (χ4n) is 5.10. The molecule has 1 aliphatic heterocycles. The summed E-state index contributed by atoms with van der Waals surface area (Å²) < 4.78 is 7.54. The van der Waals surface area contributed by atoms with Gasteiger partial charge in [0.1, 0.15) is 17.9 Å². The Morgan fingerprint density at radius 2 is 1.86 bits per heavy atom. The number of H-pyrrole nitrogens is 1. The average molecular weight is 514 g/mol. The molecule has 0 saturated carbocycles. The SMILES string of the molecule is COc1ccc2c(c1)c(-c1cc3cccnc3[nH]1)cn2CC(=O)N1CCN(Cc2ccc(Cl)cc2)CC1. The van der Waals surface area contributed by atoms with Gasteiger partial charge in [-0.05, 0) is 54.1 Å². The predicted molar refractivity (Wildman–Crippen MR) is 147 cm³/mol. The molecule has 188 valence electrons. The lowest BCUT2D eigenvalue weighted by Crippen LogP contribution is -2.49. The number of pyridine rings is 1. The van der Waals surface area contributed by atoms with Crippen LogP contribution in [0.4, 0.5) is 0 Å². The summed E-state index contributed by atoms with van der Waals surface area (Å²) >= 11 is 6.01. The lowest BCUT2D eigenvalue weighted by molar-refractivity contribution is -0.133. The first kappa shape index (κ1) is 23.6. The van der Waals surface area contributed by atoms with E-state index in [1.165, 1.54) is 5.56 Å². The molecule has 1 N–H and O–H groups in total. The highest BCUT2D eigenvalue weighted by molar-refractivity contribution is 6.30. The number of aromatic amines is 1. The minimum atomic E-state index is 0.128. The number of hydrogen-bond acceptors (Lipinski definition) is 4. The Kier molecular flexibility index (Phi) is 6.32. The number of aromatic nitrogens is 3. The predicted octanol–water partition coefficient (Wildman–Crippen LogP) is 5.19. The number of ether oxygens (including phenoxy) is 1. The Morgan fingerprint density at radius 1 is 1.05 bits per heavy atom. The number of carbonyl (C=O) groups is 1. The second-order valence-electron chi connectivity index (χ2n) is 9.46. The van der Waals surface area contributed by atoms with Crippen molar-refractivity contribution in [3.05, 3.63) is 83.6 Å². The van der Waals surface area contributed by atoms with Gasteiger partial charge < -0.3 is 19.2 Å². The zero-order valence-electron chi connectivity index (χ0n) is 20.7. The maximum absolute atomic E-state index is 13.4. The highest BCUT2D eigenvalue weighted by atomic mass is 35.5. The van der Waals surface area contributed by atoms with E-state index in [-0.39, 0.29) is 5.91 Å². The summed E-state index contributed by atoms with van der Waals surface area (Å²) in [6, 6.07) is 20.0. The van der Waals surface area contributed by atoms with E-state index < -0.39 is 0 Å². The van der Waals surface area contributed by atoms with Gasteiger partial charge in [0.15, 0.2) is 0 Å². The standard InChI is InChI=1S/C29H28ClN5O2/c1-37-23-8-9-27-24(16-23)25(26-15-21-3-2-10-31-29(21)32-26)18-35(27)19-28(36)34-13-11-33(12-14-34)17-20-4-6-22(30)7-5-20/h2-10,15-16,18H,11-14,17,19H2,1H3,(H,31,32). The third-order valence-corrected chi connectivity index (χ3v) is 7.37. The molecule has 1 aliphatic rings. The summed E-state index contributed by atoms with van der Waals surface area (Å²) in [5.41, 5.74) is 5.06. The van der Waals surface area contributed by atoms with Gasteiger partial charge in [0.05, 0.1) is 7.11 Å². The van der Waals surface area contributed by atoms with Crippen molar-refractivity contribution in [2.45, 2.75) is 13.1 Å². The Morgan fingerprint density at radius 3 is 2.62 bits per heavy atom. The van der Waals surface area contributed by atoms with Crippen LogP contribution in [0.15, 0.2) is 73.1 Å². The van der Waals surface area contributed by atoms with Crippen LogP contribution in [-0.4, -0.2) is 63.5 Å². The molecule has 0 bridgehead atoms. The van der Waals surface area contributed by atoms with E-state index in [9.17, 15) is 4.79 Å². The van der Waals surface area contributed by atoms with Gasteiger partial charge in [0.25, 0.3) is 0 Å². The van der Waals surface area contributed by atoms with Gasteiger partial charge in [-0.25, -0.2) is 4.98 Å². The Labute approximate surface area is 220 Å². The second-order valence-corrected chi connectivity index (χ2v) is 9.90. The largest absolute Gasteiger partial charge is 0.497 e. The Balaban J connectivity index is 1.21. The fourth-order valence-corrected chi connectivity index (χ4v) is 5.23. The van der Waals surface area contributed by atoms with Gasteiger partial charge in [-0.3, -0.25) is 9.69 Å². The van der Waals surface area contributed by atoms with Gasteiger partial charge in [-0.2, -0.15) is 0 Å². The van der Waals surface area contributed by atoms with Crippen LogP contribution in [0, 0.1) is 0 Å². The van der Waals surface area contributed by atoms with E-state index in [0.717, 1.165) is 76.7 Å².